The van der Waals surface area contributed by atoms with Crippen molar-refractivity contribution in [3.05, 3.63) is 54.1 Å². The Balaban J connectivity index is 0.00000320. The van der Waals surface area contributed by atoms with Crippen molar-refractivity contribution in [2.24, 2.45) is 4.99 Å². The average molecular weight is 526 g/mol. The summed E-state index contributed by atoms with van der Waals surface area (Å²) in [6, 6.07) is 8.78. The van der Waals surface area contributed by atoms with Crippen LogP contribution in [0.5, 0.6) is 0 Å². The highest BCUT2D eigenvalue weighted by molar-refractivity contribution is 14.0. The second kappa shape index (κ2) is 12.4. The van der Waals surface area contributed by atoms with Crippen molar-refractivity contribution < 1.29 is 9.53 Å². The molecule has 9 heteroatoms. The Morgan fingerprint density at radius 2 is 2.07 bits per heavy atom. The minimum Gasteiger partial charge on any atom is -0.450 e. The van der Waals surface area contributed by atoms with Gasteiger partial charge in [0.15, 0.2) is 5.96 Å². The first-order chi connectivity index (χ1) is 14.2. The fraction of sp³-hybridized carbons (Fsp3) is 0.476. The molecule has 2 N–H and O–H groups in total. The number of halogens is 1. The molecule has 0 spiro atoms. The van der Waals surface area contributed by atoms with Crippen LogP contribution in [0.25, 0.3) is 0 Å². The molecule has 0 unspecified atom stereocenters. The number of benzene rings is 1. The summed E-state index contributed by atoms with van der Waals surface area (Å²) in [7, 11) is 1.78. The normalized spacial score (nSPS) is 14.7. The molecule has 1 aliphatic rings. The number of carbonyl (C=O) groups is 1. The van der Waals surface area contributed by atoms with Crippen LogP contribution in [0, 0.1) is 0 Å². The minimum absolute atomic E-state index is 0. The van der Waals surface area contributed by atoms with Gasteiger partial charge in [0.25, 0.3) is 0 Å². The zero-order chi connectivity index (χ0) is 20.5. The molecule has 0 saturated carbocycles. The molecule has 2 aromatic rings. The summed E-state index contributed by atoms with van der Waals surface area (Å²) in [5.41, 5.74) is 2.43. The predicted octanol–water partition coefficient (Wildman–Crippen LogP) is 2.84. The number of guanidine groups is 1. The van der Waals surface area contributed by atoms with Gasteiger partial charge in [0, 0.05) is 51.7 Å². The van der Waals surface area contributed by atoms with E-state index in [0.717, 1.165) is 25.3 Å². The Morgan fingerprint density at radius 1 is 1.30 bits per heavy atom. The summed E-state index contributed by atoms with van der Waals surface area (Å²) in [6.07, 6.45) is 7.11. The Kier molecular flexibility index (Phi) is 9.92. The Labute approximate surface area is 195 Å². The minimum atomic E-state index is -0.218. The fourth-order valence-electron chi connectivity index (χ4n) is 3.42. The number of nitrogens with one attached hydrogen (secondary N) is 2. The summed E-state index contributed by atoms with van der Waals surface area (Å²) < 4.78 is 7.13. The summed E-state index contributed by atoms with van der Waals surface area (Å²) in [6.45, 7) is 5.14. The third-order valence-electron chi connectivity index (χ3n) is 4.96. The average Bonchev–Trinajstić information content (AvgIpc) is 3.25. The van der Waals surface area contributed by atoms with Crippen molar-refractivity contribution in [3.63, 3.8) is 0 Å². The first-order valence-electron chi connectivity index (χ1n) is 10.1. The smallest absolute Gasteiger partial charge is 0.409 e. The van der Waals surface area contributed by atoms with E-state index in [2.05, 4.69) is 49.4 Å². The molecule has 1 fully saturated rings. The molecule has 1 aromatic carbocycles. The van der Waals surface area contributed by atoms with Gasteiger partial charge in [0.1, 0.15) is 0 Å². The van der Waals surface area contributed by atoms with Gasteiger partial charge in [-0.05, 0) is 30.9 Å². The number of ether oxygens (including phenoxy) is 1. The quantitative estimate of drug-likeness (QED) is 0.344. The number of likely N-dealkylation sites (tertiary alicyclic amines) is 1. The summed E-state index contributed by atoms with van der Waals surface area (Å²) in [5.74, 6) is 0.777. The lowest BCUT2D eigenvalue weighted by Crippen LogP contribution is -2.49. The SMILES string of the molecule is CCOC(=O)N1CCC(NC(=NC)NCc2cccc(Cn3ccnc3)c2)CC1.I. The molecule has 0 bridgehead atoms. The maximum atomic E-state index is 11.8. The van der Waals surface area contributed by atoms with Crippen LogP contribution in [0.3, 0.4) is 0 Å². The number of hydrogen-bond donors (Lipinski definition) is 2. The van der Waals surface area contributed by atoms with Crippen molar-refractivity contribution in [2.45, 2.75) is 38.9 Å². The van der Waals surface area contributed by atoms with E-state index in [4.69, 9.17) is 4.74 Å². The number of rotatable bonds is 6. The zero-order valence-corrected chi connectivity index (χ0v) is 19.9. The molecule has 30 heavy (non-hydrogen) atoms. The van der Waals surface area contributed by atoms with Crippen LogP contribution < -0.4 is 10.6 Å². The number of piperidine rings is 1. The van der Waals surface area contributed by atoms with E-state index < -0.39 is 0 Å². The zero-order valence-electron chi connectivity index (χ0n) is 17.6. The Morgan fingerprint density at radius 3 is 2.73 bits per heavy atom. The molecule has 1 amide bonds. The standard InChI is InChI=1S/C21H30N6O2.HI/c1-3-29-21(28)27-10-7-19(8-11-27)25-20(22-2)24-14-17-5-4-6-18(13-17)15-26-12-9-23-16-26;/h4-6,9,12-13,16,19H,3,7-8,10-11,14-15H2,1-2H3,(H2,22,24,25);1H. The number of nitrogens with zero attached hydrogens (tertiary/aromatic N) is 4. The van der Waals surface area contributed by atoms with Crippen LogP contribution in [-0.2, 0) is 17.8 Å². The molecule has 8 nitrogen and oxygen atoms in total. The number of aliphatic imine (C=N–C) groups is 1. The molecule has 3 rings (SSSR count). The van der Waals surface area contributed by atoms with Crippen molar-refractivity contribution in [2.75, 3.05) is 26.7 Å². The fourth-order valence-corrected chi connectivity index (χ4v) is 3.42. The Bertz CT molecular complexity index is 804. The van der Waals surface area contributed by atoms with Crippen LogP contribution >= 0.6 is 24.0 Å². The van der Waals surface area contributed by atoms with E-state index in [1.54, 1.807) is 18.1 Å². The highest BCUT2D eigenvalue weighted by atomic mass is 127. The largest absolute Gasteiger partial charge is 0.450 e. The lowest BCUT2D eigenvalue weighted by molar-refractivity contribution is 0.0963. The maximum absolute atomic E-state index is 11.8. The molecule has 2 heterocycles. The second-order valence-electron chi connectivity index (χ2n) is 7.09. The molecule has 1 aliphatic heterocycles. The number of carbonyl (C=O) groups excluding carboxylic acids is 1. The van der Waals surface area contributed by atoms with Crippen molar-refractivity contribution in [3.8, 4) is 0 Å². The molecular weight excluding hydrogens is 495 g/mol. The van der Waals surface area contributed by atoms with Gasteiger partial charge in [0.2, 0.25) is 0 Å². The molecule has 0 radical (unpaired) electrons. The number of aromatic nitrogens is 2. The maximum Gasteiger partial charge on any atom is 0.409 e. The van der Waals surface area contributed by atoms with Gasteiger partial charge in [0.05, 0.1) is 12.9 Å². The predicted molar refractivity (Wildman–Crippen MR) is 128 cm³/mol. The van der Waals surface area contributed by atoms with Crippen LogP contribution in [0.2, 0.25) is 0 Å². The first kappa shape index (κ1) is 24.0. The van der Waals surface area contributed by atoms with Crippen LogP contribution in [0.1, 0.15) is 30.9 Å². The number of hydrogen-bond acceptors (Lipinski definition) is 4. The summed E-state index contributed by atoms with van der Waals surface area (Å²) >= 11 is 0. The summed E-state index contributed by atoms with van der Waals surface area (Å²) in [4.78, 5) is 22.0. The molecule has 0 aliphatic carbocycles. The van der Waals surface area contributed by atoms with Crippen LogP contribution in [-0.4, -0.2) is 59.3 Å². The monoisotopic (exact) mass is 526 g/mol. The van der Waals surface area contributed by atoms with E-state index in [0.29, 0.717) is 32.3 Å². The lowest BCUT2D eigenvalue weighted by atomic mass is 10.1. The van der Waals surface area contributed by atoms with E-state index in [1.165, 1.54) is 11.1 Å². The second-order valence-corrected chi connectivity index (χ2v) is 7.09. The van der Waals surface area contributed by atoms with E-state index >= 15 is 0 Å². The van der Waals surface area contributed by atoms with Gasteiger partial charge >= 0.3 is 6.09 Å². The van der Waals surface area contributed by atoms with Crippen molar-refractivity contribution in [1.29, 1.82) is 0 Å². The van der Waals surface area contributed by atoms with Crippen molar-refractivity contribution >= 4 is 36.0 Å². The summed E-state index contributed by atoms with van der Waals surface area (Å²) in [5, 5.41) is 6.85. The van der Waals surface area contributed by atoms with Gasteiger partial charge in [-0.25, -0.2) is 9.78 Å². The highest BCUT2D eigenvalue weighted by Crippen LogP contribution is 2.12. The van der Waals surface area contributed by atoms with Crippen molar-refractivity contribution in [1.82, 2.24) is 25.1 Å². The van der Waals surface area contributed by atoms with Gasteiger partial charge in [-0.3, -0.25) is 4.99 Å². The lowest BCUT2D eigenvalue weighted by Gasteiger charge is -2.32. The third kappa shape index (κ3) is 7.19. The first-order valence-corrected chi connectivity index (χ1v) is 10.1. The van der Waals surface area contributed by atoms with Gasteiger partial charge in [-0.2, -0.15) is 0 Å². The number of amides is 1. The molecule has 1 saturated heterocycles. The van der Waals surface area contributed by atoms with Gasteiger partial charge < -0.3 is 24.8 Å². The Hall–Kier alpha value is -2.30. The number of imidazole rings is 1. The topological polar surface area (TPSA) is 83.8 Å². The van der Waals surface area contributed by atoms with Crippen LogP contribution in [0.4, 0.5) is 4.79 Å². The third-order valence-corrected chi connectivity index (χ3v) is 4.96. The molecule has 1 aromatic heterocycles. The van der Waals surface area contributed by atoms with Crippen LogP contribution in [0.15, 0.2) is 48.0 Å². The molecule has 164 valence electrons. The van der Waals surface area contributed by atoms with E-state index in [-0.39, 0.29) is 30.1 Å². The molecular formula is C21H31IN6O2. The van der Waals surface area contributed by atoms with Gasteiger partial charge in [-0.15, -0.1) is 24.0 Å². The highest BCUT2D eigenvalue weighted by Gasteiger charge is 2.23. The van der Waals surface area contributed by atoms with E-state index in [1.807, 2.05) is 19.4 Å². The molecule has 0 atom stereocenters. The van der Waals surface area contributed by atoms with E-state index in [9.17, 15) is 4.79 Å². The van der Waals surface area contributed by atoms with Gasteiger partial charge in [-0.1, -0.05) is 24.3 Å².